The fraction of sp³-hybridized carbons (Fsp3) is 0.400. The Hall–Kier alpha value is -1.38. The Bertz CT molecular complexity index is 341. The Kier molecular flexibility index (Phi) is 3.43. The Morgan fingerprint density at radius 3 is 3.08 bits per heavy atom. The molecule has 0 amide bonds. The standard InChI is InChI=1S/C10H14N2O/c1-9(2)4-3-6-12-7-5-11-8-10(12)13/h5,7-8H,1,3-4,6H2,2H3. The summed E-state index contributed by atoms with van der Waals surface area (Å²) in [5, 5.41) is 0. The number of aryl methyl sites for hydroxylation is 1. The third kappa shape index (κ3) is 3.23. The van der Waals surface area contributed by atoms with Gasteiger partial charge in [0.1, 0.15) is 0 Å². The van der Waals surface area contributed by atoms with E-state index in [0.29, 0.717) is 0 Å². The lowest BCUT2D eigenvalue weighted by Gasteiger charge is -2.03. The van der Waals surface area contributed by atoms with Crippen LogP contribution in [0.5, 0.6) is 0 Å². The molecule has 0 aliphatic heterocycles. The molecule has 0 saturated carbocycles. The van der Waals surface area contributed by atoms with Crippen molar-refractivity contribution in [2.24, 2.45) is 0 Å². The van der Waals surface area contributed by atoms with Gasteiger partial charge in [-0.15, -0.1) is 6.58 Å². The van der Waals surface area contributed by atoms with Crippen molar-refractivity contribution in [1.29, 1.82) is 0 Å². The summed E-state index contributed by atoms with van der Waals surface area (Å²) in [5.41, 5.74) is 1.12. The molecule has 0 bridgehead atoms. The molecule has 1 aromatic heterocycles. The van der Waals surface area contributed by atoms with Crippen molar-refractivity contribution in [1.82, 2.24) is 9.55 Å². The number of aromatic nitrogens is 2. The van der Waals surface area contributed by atoms with Crippen LogP contribution < -0.4 is 5.56 Å². The molecule has 0 spiro atoms. The molecule has 1 aromatic rings. The van der Waals surface area contributed by atoms with Gasteiger partial charge in [-0.2, -0.15) is 0 Å². The van der Waals surface area contributed by atoms with Gasteiger partial charge in [-0.3, -0.25) is 9.78 Å². The first-order valence-electron chi connectivity index (χ1n) is 4.35. The summed E-state index contributed by atoms with van der Waals surface area (Å²) in [6.07, 6.45) is 6.59. The highest BCUT2D eigenvalue weighted by atomic mass is 16.1. The number of hydrogen-bond donors (Lipinski definition) is 0. The lowest BCUT2D eigenvalue weighted by atomic mass is 10.2. The summed E-state index contributed by atoms with van der Waals surface area (Å²) < 4.78 is 1.66. The molecule has 0 aromatic carbocycles. The molecule has 70 valence electrons. The van der Waals surface area contributed by atoms with Crippen molar-refractivity contribution in [3.63, 3.8) is 0 Å². The van der Waals surface area contributed by atoms with E-state index in [1.165, 1.54) is 6.20 Å². The number of hydrogen-bond acceptors (Lipinski definition) is 2. The second kappa shape index (κ2) is 4.60. The zero-order chi connectivity index (χ0) is 9.68. The molecule has 0 radical (unpaired) electrons. The van der Waals surface area contributed by atoms with Crippen LogP contribution in [0.25, 0.3) is 0 Å². The summed E-state index contributed by atoms with van der Waals surface area (Å²) >= 11 is 0. The van der Waals surface area contributed by atoms with Gasteiger partial charge in [0.2, 0.25) is 0 Å². The fourth-order valence-corrected chi connectivity index (χ4v) is 1.11. The van der Waals surface area contributed by atoms with Crippen LogP contribution in [0.3, 0.4) is 0 Å². The van der Waals surface area contributed by atoms with E-state index in [2.05, 4.69) is 11.6 Å². The zero-order valence-electron chi connectivity index (χ0n) is 7.86. The van der Waals surface area contributed by atoms with Gasteiger partial charge >= 0.3 is 0 Å². The van der Waals surface area contributed by atoms with Crippen LogP contribution in [0.15, 0.2) is 35.5 Å². The molecule has 0 saturated heterocycles. The Morgan fingerprint density at radius 2 is 2.46 bits per heavy atom. The number of allylic oxidation sites excluding steroid dienone is 1. The topological polar surface area (TPSA) is 34.9 Å². The van der Waals surface area contributed by atoms with E-state index in [1.807, 2.05) is 6.92 Å². The van der Waals surface area contributed by atoms with Gasteiger partial charge in [0.05, 0.1) is 6.20 Å². The van der Waals surface area contributed by atoms with E-state index in [0.717, 1.165) is 25.0 Å². The van der Waals surface area contributed by atoms with E-state index >= 15 is 0 Å². The van der Waals surface area contributed by atoms with E-state index in [4.69, 9.17) is 0 Å². The second-order valence-corrected chi connectivity index (χ2v) is 3.17. The van der Waals surface area contributed by atoms with Crippen LogP contribution in [0, 0.1) is 0 Å². The van der Waals surface area contributed by atoms with Crippen molar-refractivity contribution in [3.8, 4) is 0 Å². The van der Waals surface area contributed by atoms with Crippen LogP contribution in [-0.2, 0) is 6.54 Å². The third-order valence-corrected chi connectivity index (χ3v) is 1.80. The molecule has 0 aliphatic rings. The van der Waals surface area contributed by atoms with Crippen LogP contribution in [0.2, 0.25) is 0 Å². The normalized spacial score (nSPS) is 9.92. The minimum absolute atomic E-state index is 0.0378. The third-order valence-electron chi connectivity index (χ3n) is 1.80. The van der Waals surface area contributed by atoms with Gasteiger partial charge in [0.15, 0.2) is 0 Å². The predicted molar refractivity (Wildman–Crippen MR) is 52.5 cm³/mol. The molecule has 1 rings (SSSR count). The van der Waals surface area contributed by atoms with Crippen molar-refractivity contribution in [2.45, 2.75) is 26.3 Å². The SMILES string of the molecule is C=C(C)CCCn1ccncc1=O. The first-order chi connectivity index (χ1) is 6.20. The maximum Gasteiger partial charge on any atom is 0.268 e. The monoisotopic (exact) mass is 178 g/mol. The fourth-order valence-electron chi connectivity index (χ4n) is 1.11. The maximum atomic E-state index is 11.2. The van der Waals surface area contributed by atoms with Gasteiger partial charge in [-0.05, 0) is 19.8 Å². The Labute approximate surface area is 77.7 Å². The van der Waals surface area contributed by atoms with Crippen LogP contribution in [-0.4, -0.2) is 9.55 Å². The molecule has 3 heteroatoms. The molecular formula is C10H14N2O. The van der Waals surface area contributed by atoms with Crippen LogP contribution in [0.4, 0.5) is 0 Å². The molecule has 0 atom stereocenters. The molecule has 0 unspecified atom stereocenters. The van der Waals surface area contributed by atoms with Gasteiger partial charge < -0.3 is 4.57 Å². The van der Waals surface area contributed by atoms with Gasteiger partial charge in [-0.1, -0.05) is 5.57 Å². The largest absolute Gasteiger partial charge is 0.313 e. The molecular weight excluding hydrogens is 164 g/mol. The summed E-state index contributed by atoms with van der Waals surface area (Å²) in [6, 6.07) is 0. The van der Waals surface area contributed by atoms with Crippen molar-refractivity contribution in [3.05, 3.63) is 41.1 Å². The smallest absolute Gasteiger partial charge is 0.268 e. The molecule has 3 nitrogen and oxygen atoms in total. The Balaban J connectivity index is 2.50. The predicted octanol–water partition coefficient (Wildman–Crippen LogP) is 1.60. The first kappa shape index (κ1) is 9.71. The molecule has 0 aliphatic carbocycles. The minimum Gasteiger partial charge on any atom is -0.313 e. The molecule has 0 N–H and O–H groups in total. The molecule has 13 heavy (non-hydrogen) atoms. The van der Waals surface area contributed by atoms with Crippen LogP contribution >= 0.6 is 0 Å². The highest BCUT2D eigenvalue weighted by molar-refractivity contribution is 4.88. The summed E-state index contributed by atoms with van der Waals surface area (Å²) in [6.45, 7) is 6.55. The van der Waals surface area contributed by atoms with E-state index in [-0.39, 0.29) is 5.56 Å². The quantitative estimate of drug-likeness (QED) is 0.656. The number of nitrogens with zero attached hydrogens (tertiary/aromatic N) is 2. The second-order valence-electron chi connectivity index (χ2n) is 3.17. The van der Waals surface area contributed by atoms with E-state index in [9.17, 15) is 4.79 Å². The number of rotatable bonds is 4. The first-order valence-corrected chi connectivity index (χ1v) is 4.35. The lowest BCUT2D eigenvalue weighted by Crippen LogP contribution is -2.18. The summed E-state index contributed by atoms with van der Waals surface area (Å²) in [5.74, 6) is 0. The lowest BCUT2D eigenvalue weighted by molar-refractivity contribution is 0.616. The van der Waals surface area contributed by atoms with Gasteiger partial charge in [-0.25, -0.2) is 0 Å². The van der Waals surface area contributed by atoms with Gasteiger partial charge in [0.25, 0.3) is 5.56 Å². The molecule has 0 fully saturated rings. The minimum atomic E-state index is -0.0378. The van der Waals surface area contributed by atoms with Crippen molar-refractivity contribution >= 4 is 0 Å². The highest BCUT2D eigenvalue weighted by Crippen LogP contribution is 2.00. The summed E-state index contributed by atoms with van der Waals surface area (Å²) in [4.78, 5) is 14.9. The van der Waals surface area contributed by atoms with E-state index < -0.39 is 0 Å². The van der Waals surface area contributed by atoms with Crippen molar-refractivity contribution < 1.29 is 0 Å². The maximum absolute atomic E-state index is 11.2. The van der Waals surface area contributed by atoms with E-state index in [1.54, 1.807) is 17.0 Å². The average molecular weight is 178 g/mol. The Morgan fingerprint density at radius 1 is 1.69 bits per heavy atom. The average Bonchev–Trinajstić information content (AvgIpc) is 2.08. The summed E-state index contributed by atoms with van der Waals surface area (Å²) in [7, 11) is 0. The highest BCUT2D eigenvalue weighted by Gasteiger charge is 1.93. The van der Waals surface area contributed by atoms with Gasteiger partial charge in [0, 0.05) is 18.9 Å². The van der Waals surface area contributed by atoms with Crippen molar-refractivity contribution in [2.75, 3.05) is 0 Å². The molecule has 1 heterocycles. The zero-order valence-corrected chi connectivity index (χ0v) is 7.86. The van der Waals surface area contributed by atoms with Crippen LogP contribution in [0.1, 0.15) is 19.8 Å².